The number of aliphatic carboxylic acids is 1. The first-order valence-electron chi connectivity index (χ1n) is 13.8. The average Bonchev–Trinajstić information content (AvgIpc) is 3.74. The zero-order valence-electron chi connectivity index (χ0n) is 23.7. The number of nitrogens with zero attached hydrogens (tertiary/aromatic N) is 6. The standard InChI is InChI=1S/C26H27ClN10O6S2/c1-11(24(41)42)43-34-17(16-19(27)45-26(29)32-16)21(39)31-18-22(40)37-15(9-38)12(10-44-23(18)37)8-35-6-2-3-14-20(35)33-25(28)36(14)13-4-5-30-7-13/h2-3,6,9,11,13,18,23,28,30H,4-5,7-8,10H2,1H3,(H4,29,31,32,39,41,42)/p+1/b34-17-/t11-,13?,18?,23?/m0/s1. The number of oxime groups is 1. The molecular formula is C26H28ClN10O6S2+. The molecule has 0 aromatic carbocycles. The predicted molar refractivity (Wildman–Crippen MR) is 165 cm³/mol. The summed E-state index contributed by atoms with van der Waals surface area (Å²) in [6, 6.07) is 3.03. The molecule has 16 nitrogen and oxygen atoms in total. The van der Waals surface area contributed by atoms with Gasteiger partial charge in [0.25, 0.3) is 11.8 Å². The zero-order valence-corrected chi connectivity index (χ0v) is 26.1. The lowest BCUT2D eigenvalue weighted by Crippen LogP contribution is -2.70. The van der Waals surface area contributed by atoms with Gasteiger partial charge in [-0.25, -0.2) is 14.3 Å². The smallest absolute Gasteiger partial charge is 0.351 e. The highest BCUT2D eigenvalue weighted by molar-refractivity contribution is 8.00. The van der Waals surface area contributed by atoms with Crippen LogP contribution >= 0.6 is 34.7 Å². The molecule has 0 bridgehead atoms. The lowest BCUT2D eigenvalue weighted by Gasteiger charge is -2.49. The maximum Gasteiger partial charge on any atom is 0.351 e. The first-order valence-corrected chi connectivity index (χ1v) is 16.0. The maximum absolute atomic E-state index is 13.3. The summed E-state index contributed by atoms with van der Waals surface area (Å²) >= 11 is 8.45. The van der Waals surface area contributed by atoms with Crippen LogP contribution < -0.4 is 26.7 Å². The number of nitrogens with one attached hydrogen (secondary N) is 2. The van der Waals surface area contributed by atoms with Crippen molar-refractivity contribution in [2.75, 3.05) is 30.3 Å². The number of nitrogen functional groups attached to an aromatic ring is 2. The van der Waals surface area contributed by atoms with Crippen molar-refractivity contribution in [3.63, 3.8) is 0 Å². The molecule has 3 aliphatic rings. The third-order valence-electron chi connectivity index (χ3n) is 7.69. The van der Waals surface area contributed by atoms with Crippen LogP contribution in [0.5, 0.6) is 0 Å². The second kappa shape index (κ2) is 12.3. The molecule has 0 saturated carbocycles. The number of allylic oxidation sites excluding steroid dienone is 1. The minimum atomic E-state index is -1.38. The second-order valence-electron chi connectivity index (χ2n) is 10.5. The normalized spacial score (nSPS) is 22.3. The van der Waals surface area contributed by atoms with Crippen LogP contribution in [0.25, 0.3) is 11.2 Å². The van der Waals surface area contributed by atoms with Gasteiger partial charge in [-0.05, 0) is 37.0 Å². The number of aromatic nitrogens is 4. The van der Waals surface area contributed by atoms with Crippen LogP contribution in [0, 0.1) is 0 Å². The van der Waals surface area contributed by atoms with E-state index in [4.69, 9.17) is 33.0 Å². The summed E-state index contributed by atoms with van der Waals surface area (Å²) in [5, 5.41) is 18.2. The van der Waals surface area contributed by atoms with Gasteiger partial charge in [-0.1, -0.05) is 28.1 Å². The number of β-lactam (4-membered cyclic amide) rings is 1. The molecule has 4 atom stereocenters. The summed E-state index contributed by atoms with van der Waals surface area (Å²) in [6.45, 7) is 3.21. The monoisotopic (exact) mass is 675 g/mol. The van der Waals surface area contributed by atoms with Gasteiger partial charge in [-0.2, -0.15) is 0 Å². The van der Waals surface area contributed by atoms with Gasteiger partial charge in [0.1, 0.15) is 33.5 Å². The molecule has 45 heavy (non-hydrogen) atoms. The Kier molecular flexibility index (Phi) is 8.38. The third kappa shape index (κ3) is 5.58. The summed E-state index contributed by atoms with van der Waals surface area (Å²) in [7, 11) is 0. The number of aldehydes is 1. The number of carbonyl (C=O) groups excluding carboxylic acids is 3. The largest absolute Gasteiger partial charge is 0.478 e. The number of hydrogen-bond donors (Lipinski definition) is 5. The number of carboxylic acid groups (broad SMARTS) is 1. The molecule has 6 rings (SSSR count). The number of nitrogens with two attached hydrogens (primary N) is 2. The summed E-state index contributed by atoms with van der Waals surface area (Å²) in [4.78, 5) is 65.2. The fraction of sp³-hybridized carbons (Fsp3) is 0.385. The molecule has 0 spiro atoms. The lowest BCUT2D eigenvalue weighted by atomic mass is 10.0. The molecule has 0 radical (unpaired) electrons. The fourth-order valence-corrected chi connectivity index (χ4v) is 7.75. The molecule has 2 amide bonds. The molecule has 2 saturated heterocycles. The Morgan fingerprint density at radius 3 is 2.87 bits per heavy atom. The molecule has 7 N–H and O–H groups in total. The number of thioether (sulfide) groups is 1. The Hall–Kier alpha value is -4.26. The van der Waals surface area contributed by atoms with Gasteiger partial charge in [-0.3, -0.25) is 23.9 Å². The first kappa shape index (κ1) is 30.8. The van der Waals surface area contributed by atoms with Crippen LogP contribution in [0.4, 0.5) is 11.1 Å². The van der Waals surface area contributed by atoms with Gasteiger partial charge in [0, 0.05) is 17.9 Å². The minimum absolute atomic E-state index is 0.0245. The fourth-order valence-electron chi connectivity index (χ4n) is 5.47. The van der Waals surface area contributed by atoms with E-state index in [0.717, 1.165) is 36.4 Å². The van der Waals surface area contributed by atoms with E-state index < -0.39 is 41.0 Å². The summed E-state index contributed by atoms with van der Waals surface area (Å²) in [6.07, 6.45) is 2.04. The minimum Gasteiger partial charge on any atom is -0.478 e. The Bertz CT molecular complexity index is 1780. The Balaban J connectivity index is 1.22. The van der Waals surface area contributed by atoms with E-state index in [9.17, 15) is 19.2 Å². The van der Waals surface area contributed by atoms with Crippen LogP contribution in [0.3, 0.4) is 0 Å². The van der Waals surface area contributed by atoms with Gasteiger partial charge in [0.15, 0.2) is 17.1 Å². The summed E-state index contributed by atoms with van der Waals surface area (Å²) in [5.41, 5.74) is 13.9. The molecule has 19 heteroatoms. The molecule has 6 heterocycles. The highest BCUT2D eigenvalue weighted by atomic mass is 35.5. The quantitative estimate of drug-likeness (QED) is 0.0624. The number of halogens is 1. The molecule has 3 aromatic rings. The number of carbonyl (C=O) groups is 4. The second-order valence-corrected chi connectivity index (χ2v) is 13.2. The number of fused-ring (bicyclic) bond motifs is 2. The van der Waals surface area contributed by atoms with Crippen LogP contribution in [0.2, 0.25) is 4.34 Å². The van der Waals surface area contributed by atoms with Crippen molar-refractivity contribution < 1.29 is 33.7 Å². The maximum atomic E-state index is 13.3. The highest BCUT2D eigenvalue weighted by Gasteiger charge is 2.53. The van der Waals surface area contributed by atoms with E-state index in [1.165, 1.54) is 23.6 Å². The number of carboxylic acids is 1. The van der Waals surface area contributed by atoms with Crippen LogP contribution in [-0.4, -0.2) is 90.7 Å². The molecule has 2 fully saturated rings. The van der Waals surface area contributed by atoms with Gasteiger partial charge >= 0.3 is 17.6 Å². The number of amides is 2. The van der Waals surface area contributed by atoms with E-state index in [-0.39, 0.29) is 26.9 Å². The van der Waals surface area contributed by atoms with Crippen molar-refractivity contribution in [3.05, 3.63) is 39.6 Å². The van der Waals surface area contributed by atoms with Gasteiger partial charge in [-0.15, -0.1) is 11.8 Å². The Morgan fingerprint density at radius 1 is 1.40 bits per heavy atom. The summed E-state index contributed by atoms with van der Waals surface area (Å²) < 4.78 is 3.95. The molecule has 3 aliphatic heterocycles. The van der Waals surface area contributed by atoms with E-state index in [1.807, 2.05) is 27.5 Å². The van der Waals surface area contributed by atoms with Gasteiger partial charge < -0.3 is 32.0 Å². The average molecular weight is 676 g/mol. The number of thiazole rings is 1. The van der Waals surface area contributed by atoms with Gasteiger partial charge in [0.2, 0.25) is 6.10 Å². The lowest BCUT2D eigenvalue weighted by molar-refractivity contribution is -0.664. The number of imidazole rings is 1. The number of rotatable bonds is 10. The summed E-state index contributed by atoms with van der Waals surface area (Å²) in [5.74, 6) is -1.89. The molecule has 3 unspecified atom stereocenters. The Labute approximate surface area is 268 Å². The molecule has 236 valence electrons. The van der Waals surface area contributed by atoms with Crippen LogP contribution in [-0.2, 0) is 30.6 Å². The van der Waals surface area contributed by atoms with E-state index in [1.54, 1.807) is 0 Å². The van der Waals surface area contributed by atoms with E-state index in [0.29, 0.717) is 35.8 Å². The van der Waals surface area contributed by atoms with E-state index in [2.05, 4.69) is 25.8 Å². The number of hydrogen-bond acceptors (Lipinski definition) is 13. The van der Waals surface area contributed by atoms with Crippen molar-refractivity contribution in [3.8, 4) is 0 Å². The highest BCUT2D eigenvalue weighted by Crippen LogP contribution is 2.40. The topological polar surface area (TPSA) is 224 Å². The molecular weight excluding hydrogens is 648 g/mol. The third-order valence-corrected chi connectivity index (χ3v) is 10.1. The first-order chi connectivity index (χ1) is 21.6. The van der Waals surface area contributed by atoms with Gasteiger partial charge in [0.05, 0.1) is 17.9 Å². The van der Waals surface area contributed by atoms with Crippen molar-refractivity contribution in [1.82, 2.24) is 30.1 Å². The SMILES string of the molecule is C[C@H](O/N=C(\C(=O)NC1C(=O)N2C(C=O)=C(C[n+]3cccc4c3nc(N)n4C3CCNC3)CSC12)c1nc(N)sc1Cl)C(=O)O. The Morgan fingerprint density at radius 2 is 2.20 bits per heavy atom. The van der Waals surface area contributed by atoms with Crippen molar-refractivity contribution >= 4 is 86.7 Å². The van der Waals surface area contributed by atoms with Crippen LogP contribution in [0.1, 0.15) is 25.1 Å². The number of pyridine rings is 1. The van der Waals surface area contributed by atoms with Crippen molar-refractivity contribution in [1.29, 1.82) is 0 Å². The zero-order chi connectivity index (χ0) is 32.0. The van der Waals surface area contributed by atoms with Crippen molar-refractivity contribution in [2.24, 2.45) is 5.16 Å². The predicted octanol–water partition coefficient (Wildman–Crippen LogP) is -0.121. The van der Waals surface area contributed by atoms with Crippen molar-refractivity contribution in [2.45, 2.75) is 43.5 Å². The van der Waals surface area contributed by atoms with Crippen LogP contribution in [0.15, 0.2) is 34.8 Å². The number of anilines is 2. The molecule has 3 aromatic heterocycles. The molecule has 0 aliphatic carbocycles. The van der Waals surface area contributed by atoms with E-state index >= 15 is 0 Å².